The van der Waals surface area contributed by atoms with E-state index >= 15 is 0 Å². The van der Waals surface area contributed by atoms with Gasteiger partial charge in [0.1, 0.15) is 6.17 Å². The van der Waals surface area contributed by atoms with Gasteiger partial charge in [0.25, 0.3) is 0 Å². The molecule has 23 heavy (non-hydrogen) atoms. The fourth-order valence-corrected chi connectivity index (χ4v) is 3.54. The fraction of sp³-hybridized carbons (Fsp3) is 0.714. The largest absolute Gasteiger partial charge is 0.327 e. The second-order valence-corrected chi connectivity index (χ2v) is 7.26. The van der Waals surface area contributed by atoms with Crippen LogP contribution in [0, 0.1) is 11.8 Å². The second-order valence-electron chi connectivity index (χ2n) is 7.26. The lowest BCUT2D eigenvalue weighted by atomic mass is 9.95. The SMILES string of the molecule is C=C(C)C/C(=C\C(=C\[C@@H]1C[C@H](CC)CC1F)CN)CCCCC. The van der Waals surface area contributed by atoms with E-state index in [1.54, 1.807) is 0 Å². The highest BCUT2D eigenvalue weighted by Gasteiger charge is 2.31. The molecule has 0 aliphatic heterocycles. The van der Waals surface area contributed by atoms with E-state index in [4.69, 9.17) is 5.73 Å². The smallest absolute Gasteiger partial charge is 0.107 e. The van der Waals surface area contributed by atoms with E-state index in [0.29, 0.717) is 18.9 Å². The van der Waals surface area contributed by atoms with Crippen LogP contribution in [0.5, 0.6) is 0 Å². The van der Waals surface area contributed by atoms with Crippen LogP contribution in [0.3, 0.4) is 0 Å². The minimum Gasteiger partial charge on any atom is -0.327 e. The monoisotopic (exact) mass is 321 g/mol. The molecule has 3 atom stereocenters. The summed E-state index contributed by atoms with van der Waals surface area (Å²) < 4.78 is 14.2. The number of rotatable bonds is 10. The molecule has 1 fully saturated rings. The van der Waals surface area contributed by atoms with Gasteiger partial charge in [-0.3, -0.25) is 0 Å². The molecular formula is C21H36FN. The van der Waals surface area contributed by atoms with Crippen molar-refractivity contribution >= 4 is 0 Å². The highest BCUT2D eigenvalue weighted by molar-refractivity contribution is 5.28. The summed E-state index contributed by atoms with van der Waals surface area (Å²) in [5.41, 5.74) is 9.61. The highest BCUT2D eigenvalue weighted by atomic mass is 19.1. The maximum atomic E-state index is 14.2. The van der Waals surface area contributed by atoms with E-state index in [0.717, 1.165) is 31.3 Å². The summed E-state index contributed by atoms with van der Waals surface area (Å²) in [5.74, 6) is 0.588. The normalized spacial score (nSPS) is 25.9. The van der Waals surface area contributed by atoms with E-state index in [2.05, 4.69) is 39.5 Å². The van der Waals surface area contributed by atoms with E-state index in [1.807, 2.05) is 0 Å². The van der Waals surface area contributed by atoms with Crippen LogP contribution in [-0.2, 0) is 0 Å². The van der Waals surface area contributed by atoms with E-state index in [9.17, 15) is 4.39 Å². The Morgan fingerprint density at radius 3 is 2.52 bits per heavy atom. The van der Waals surface area contributed by atoms with Crippen molar-refractivity contribution in [1.29, 1.82) is 0 Å². The molecule has 0 spiro atoms. The van der Waals surface area contributed by atoms with Gasteiger partial charge in [0.2, 0.25) is 0 Å². The lowest BCUT2D eigenvalue weighted by Crippen LogP contribution is -2.09. The van der Waals surface area contributed by atoms with Gasteiger partial charge >= 0.3 is 0 Å². The minimum absolute atomic E-state index is 0.0523. The van der Waals surface area contributed by atoms with Crippen molar-refractivity contribution in [1.82, 2.24) is 0 Å². The van der Waals surface area contributed by atoms with Gasteiger partial charge < -0.3 is 5.73 Å². The lowest BCUT2D eigenvalue weighted by Gasteiger charge is -2.12. The van der Waals surface area contributed by atoms with Crippen molar-refractivity contribution in [2.75, 3.05) is 6.54 Å². The van der Waals surface area contributed by atoms with Crippen LogP contribution in [0.2, 0.25) is 0 Å². The summed E-state index contributed by atoms with van der Waals surface area (Å²) >= 11 is 0. The van der Waals surface area contributed by atoms with E-state index in [1.165, 1.54) is 30.4 Å². The summed E-state index contributed by atoms with van der Waals surface area (Å²) in [5, 5.41) is 0. The van der Waals surface area contributed by atoms with E-state index < -0.39 is 6.17 Å². The Labute approximate surface area is 142 Å². The standard InChI is InChI=1S/C21H36FN/c1-5-7-8-9-18(10-16(3)4)11-19(15-23)13-20-12-17(6-2)14-21(20)22/h11,13,17,20-21H,3,5-10,12,14-15,23H2,1-2,4H3/b18-11-,19-13-/t17-,20-,21?/m0/s1. The molecule has 1 rings (SSSR count). The Morgan fingerprint density at radius 2 is 2.00 bits per heavy atom. The second kappa shape index (κ2) is 10.8. The van der Waals surface area contributed by atoms with Gasteiger partial charge in [0.15, 0.2) is 0 Å². The van der Waals surface area contributed by atoms with Gasteiger partial charge in [-0.05, 0) is 50.5 Å². The molecule has 1 unspecified atom stereocenters. The summed E-state index contributed by atoms with van der Waals surface area (Å²) in [6, 6.07) is 0. The van der Waals surface area contributed by atoms with Gasteiger partial charge in [0, 0.05) is 12.5 Å². The van der Waals surface area contributed by atoms with Crippen LogP contribution in [0.1, 0.15) is 72.1 Å². The summed E-state index contributed by atoms with van der Waals surface area (Å²) in [7, 11) is 0. The van der Waals surface area contributed by atoms with Crippen molar-refractivity contribution in [3.05, 3.63) is 35.5 Å². The molecular weight excluding hydrogens is 285 g/mol. The number of unbranched alkanes of at least 4 members (excludes halogenated alkanes) is 2. The summed E-state index contributed by atoms with van der Waals surface area (Å²) in [6.45, 7) is 11.0. The summed E-state index contributed by atoms with van der Waals surface area (Å²) in [6.07, 6.45) is 12.1. The Morgan fingerprint density at radius 1 is 1.26 bits per heavy atom. The molecule has 0 saturated heterocycles. The molecule has 0 amide bonds. The Bertz CT molecular complexity index is 422. The Balaban J connectivity index is 2.81. The number of halogens is 1. The predicted molar refractivity (Wildman–Crippen MR) is 100 cm³/mol. The van der Waals surface area contributed by atoms with E-state index in [-0.39, 0.29) is 5.92 Å². The average Bonchev–Trinajstić information content (AvgIpc) is 2.86. The van der Waals surface area contributed by atoms with Crippen LogP contribution in [0.15, 0.2) is 35.5 Å². The van der Waals surface area contributed by atoms with Crippen molar-refractivity contribution in [3.8, 4) is 0 Å². The van der Waals surface area contributed by atoms with Crippen molar-refractivity contribution < 1.29 is 4.39 Å². The molecule has 1 saturated carbocycles. The fourth-order valence-electron chi connectivity index (χ4n) is 3.54. The molecule has 0 bridgehead atoms. The number of allylic oxidation sites excluding steroid dienone is 3. The zero-order chi connectivity index (χ0) is 17.2. The third-order valence-electron chi connectivity index (χ3n) is 4.89. The van der Waals surface area contributed by atoms with Crippen LogP contribution in [-0.4, -0.2) is 12.7 Å². The Hall–Kier alpha value is -0.890. The van der Waals surface area contributed by atoms with Gasteiger partial charge in [-0.1, -0.05) is 63.0 Å². The maximum Gasteiger partial charge on any atom is 0.107 e. The average molecular weight is 322 g/mol. The third kappa shape index (κ3) is 7.48. The first-order chi connectivity index (χ1) is 11.0. The summed E-state index contributed by atoms with van der Waals surface area (Å²) in [4.78, 5) is 0. The molecule has 0 heterocycles. The molecule has 2 N–H and O–H groups in total. The first-order valence-electron chi connectivity index (χ1n) is 9.38. The van der Waals surface area contributed by atoms with Gasteiger partial charge in [-0.15, -0.1) is 0 Å². The van der Waals surface area contributed by atoms with Crippen molar-refractivity contribution in [2.24, 2.45) is 17.6 Å². The molecule has 0 aromatic heterocycles. The predicted octanol–water partition coefficient (Wildman–Crippen LogP) is 6.12. The molecule has 1 aliphatic carbocycles. The zero-order valence-corrected chi connectivity index (χ0v) is 15.4. The molecule has 1 aliphatic rings. The molecule has 132 valence electrons. The molecule has 1 nitrogen and oxygen atoms in total. The first-order valence-corrected chi connectivity index (χ1v) is 9.38. The highest BCUT2D eigenvalue weighted by Crippen LogP contribution is 2.37. The number of hydrogen-bond donors (Lipinski definition) is 1. The van der Waals surface area contributed by atoms with Crippen LogP contribution in [0.4, 0.5) is 4.39 Å². The van der Waals surface area contributed by atoms with Crippen molar-refractivity contribution in [2.45, 2.75) is 78.3 Å². The lowest BCUT2D eigenvalue weighted by molar-refractivity contribution is 0.292. The van der Waals surface area contributed by atoms with Crippen LogP contribution < -0.4 is 5.73 Å². The van der Waals surface area contributed by atoms with Crippen LogP contribution >= 0.6 is 0 Å². The number of hydrogen-bond acceptors (Lipinski definition) is 1. The van der Waals surface area contributed by atoms with Gasteiger partial charge in [0.05, 0.1) is 0 Å². The van der Waals surface area contributed by atoms with Crippen molar-refractivity contribution in [3.63, 3.8) is 0 Å². The molecule has 2 heteroatoms. The molecule has 0 aromatic rings. The molecule has 0 aromatic carbocycles. The minimum atomic E-state index is -0.695. The van der Waals surface area contributed by atoms with Crippen LogP contribution in [0.25, 0.3) is 0 Å². The quantitative estimate of drug-likeness (QED) is 0.293. The topological polar surface area (TPSA) is 26.0 Å². The first kappa shape index (κ1) is 20.2. The Kier molecular flexibility index (Phi) is 9.47. The van der Waals surface area contributed by atoms with Gasteiger partial charge in [-0.25, -0.2) is 4.39 Å². The number of alkyl halides is 1. The zero-order valence-electron chi connectivity index (χ0n) is 15.4. The van der Waals surface area contributed by atoms with Gasteiger partial charge in [-0.2, -0.15) is 0 Å². The molecule has 0 radical (unpaired) electrons. The maximum absolute atomic E-state index is 14.2. The third-order valence-corrected chi connectivity index (χ3v) is 4.89. The number of nitrogens with two attached hydrogens (primary N) is 1.